The van der Waals surface area contributed by atoms with Gasteiger partial charge in [-0.25, -0.2) is 0 Å². The molecule has 0 aliphatic heterocycles. The van der Waals surface area contributed by atoms with Crippen LogP contribution < -0.4 is 11.1 Å². The Morgan fingerprint density at radius 1 is 1.40 bits per heavy atom. The Balaban J connectivity index is 1.68. The fourth-order valence-corrected chi connectivity index (χ4v) is 2.99. The molecule has 3 rings (SSSR count). The summed E-state index contributed by atoms with van der Waals surface area (Å²) in [6.45, 7) is 3.07. The van der Waals surface area contributed by atoms with Gasteiger partial charge in [0.1, 0.15) is 5.82 Å². The fraction of sp³-hybridized carbons (Fsp3) is 0.438. The summed E-state index contributed by atoms with van der Waals surface area (Å²) < 4.78 is 1.87. The third-order valence-electron chi connectivity index (χ3n) is 4.12. The summed E-state index contributed by atoms with van der Waals surface area (Å²) in [4.78, 5) is 0. The number of hydrogen-bond acceptors (Lipinski definition) is 3. The number of aryl methyl sites for hydroxylation is 2. The molecule has 1 unspecified atom stereocenters. The van der Waals surface area contributed by atoms with E-state index in [-0.39, 0.29) is 0 Å². The average molecular weight is 270 g/mol. The van der Waals surface area contributed by atoms with Crippen molar-refractivity contribution in [3.8, 4) is 0 Å². The third kappa shape index (κ3) is 2.15. The Kier molecular flexibility index (Phi) is 3.38. The SMILES string of the molecule is CCCc1nn(C)c(NCC2Cc3ccccc32)c1N. The van der Waals surface area contributed by atoms with Gasteiger partial charge in [0.15, 0.2) is 0 Å². The number of benzene rings is 1. The van der Waals surface area contributed by atoms with Crippen LogP contribution in [0.1, 0.15) is 36.1 Å². The molecule has 1 aliphatic carbocycles. The van der Waals surface area contributed by atoms with Crippen molar-refractivity contribution in [2.24, 2.45) is 7.05 Å². The second-order valence-electron chi connectivity index (χ2n) is 5.56. The van der Waals surface area contributed by atoms with Crippen molar-refractivity contribution in [2.45, 2.75) is 32.1 Å². The van der Waals surface area contributed by atoms with Crippen molar-refractivity contribution in [1.82, 2.24) is 9.78 Å². The number of nitrogens with one attached hydrogen (secondary N) is 1. The van der Waals surface area contributed by atoms with Gasteiger partial charge < -0.3 is 11.1 Å². The highest BCUT2D eigenvalue weighted by Gasteiger charge is 2.25. The Morgan fingerprint density at radius 2 is 2.20 bits per heavy atom. The average Bonchev–Trinajstić information content (AvgIpc) is 2.67. The maximum Gasteiger partial charge on any atom is 0.147 e. The van der Waals surface area contributed by atoms with Crippen molar-refractivity contribution in [3.63, 3.8) is 0 Å². The normalized spacial score (nSPS) is 16.6. The molecule has 0 saturated carbocycles. The van der Waals surface area contributed by atoms with Gasteiger partial charge in [-0.2, -0.15) is 5.10 Å². The number of rotatable bonds is 5. The van der Waals surface area contributed by atoms with Gasteiger partial charge in [0, 0.05) is 19.5 Å². The summed E-state index contributed by atoms with van der Waals surface area (Å²) in [6, 6.07) is 8.66. The summed E-state index contributed by atoms with van der Waals surface area (Å²) in [6.07, 6.45) is 3.16. The molecule has 2 aromatic rings. The molecule has 0 fully saturated rings. The number of anilines is 2. The Labute approximate surface area is 120 Å². The van der Waals surface area contributed by atoms with Crippen LogP contribution in [0.15, 0.2) is 24.3 Å². The highest BCUT2D eigenvalue weighted by molar-refractivity contribution is 5.65. The largest absolute Gasteiger partial charge is 0.394 e. The minimum atomic E-state index is 0.593. The van der Waals surface area contributed by atoms with Crippen LogP contribution in [-0.2, 0) is 19.9 Å². The highest BCUT2D eigenvalue weighted by Crippen LogP contribution is 2.35. The van der Waals surface area contributed by atoms with Gasteiger partial charge in [-0.15, -0.1) is 0 Å². The summed E-state index contributed by atoms with van der Waals surface area (Å²) in [5.41, 5.74) is 10.9. The van der Waals surface area contributed by atoms with E-state index in [0.29, 0.717) is 5.92 Å². The van der Waals surface area contributed by atoms with Crippen molar-refractivity contribution < 1.29 is 0 Å². The molecule has 4 heteroatoms. The van der Waals surface area contributed by atoms with Crippen molar-refractivity contribution >= 4 is 11.5 Å². The number of nitrogen functional groups attached to an aromatic ring is 1. The van der Waals surface area contributed by atoms with Crippen molar-refractivity contribution in [2.75, 3.05) is 17.6 Å². The minimum Gasteiger partial charge on any atom is -0.394 e. The summed E-state index contributed by atoms with van der Waals surface area (Å²) in [5, 5.41) is 7.97. The van der Waals surface area contributed by atoms with Crippen LogP contribution in [0.4, 0.5) is 11.5 Å². The molecule has 106 valence electrons. The lowest BCUT2D eigenvalue weighted by atomic mass is 9.77. The van der Waals surface area contributed by atoms with E-state index in [4.69, 9.17) is 5.73 Å². The van der Waals surface area contributed by atoms with E-state index in [1.165, 1.54) is 11.1 Å². The standard InChI is InChI=1S/C16H22N4/c1-3-6-14-15(17)16(20(2)19-14)18-10-12-9-11-7-4-5-8-13(11)12/h4-5,7-8,12,18H,3,6,9-10,17H2,1-2H3. The summed E-state index contributed by atoms with van der Waals surface area (Å²) in [5.74, 6) is 1.55. The molecule has 0 radical (unpaired) electrons. The molecule has 0 amide bonds. The molecule has 1 aromatic heterocycles. The number of nitrogens with two attached hydrogens (primary N) is 1. The van der Waals surface area contributed by atoms with Crippen LogP contribution in [0.3, 0.4) is 0 Å². The maximum atomic E-state index is 6.18. The van der Waals surface area contributed by atoms with Crippen LogP contribution in [0.2, 0.25) is 0 Å². The van der Waals surface area contributed by atoms with Gasteiger partial charge in [0.2, 0.25) is 0 Å². The zero-order chi connectivity index (χ0) is 14.1. The number of nitrogens with zero attached hydrogens (tertiary/aromatic N) is 2. The minimum absolute atomic E-state index is 0.593. The molecule has 1 aromatic carbocycles. The Morgan fingerprint density at radius 3 is 2.95 bits per heavy atom. The van der Waals surface area contributed by atoms with Gasteiger partial charge in [0.25, 0.3) is 0 Å². The zero-order valence-electron chi connectivity index (χ0n) is 12.2. The van der Waals surface area contributed by atoms with Gasteiger partial charge in [0.05, 0.1) is 11.4 Å². The van der Waals surface area contributed by atoms with Crippen LogP contribution >= 0.6 is 0 Å². The van der Waals surface area contributed by atoms with Crippen molar-refractivity contribution in [1.29, 1.82) is 0 Å². The predicted octanol–water partition coefficient (Wildman–Crippen LogP) is 2.71. The van der Waals surface area contributed by atoms with Gasteiger partial charge >= 0.3 is 0 Å². The van der Waals surface area contributed by atoms with E-state index in [1.54, 1.807) is 0 Å². The van der Waals surface area contributed by atoms with E-state index in [2.05, 4.69) is 41.6 Å². The first-order chi connectivity index (χ1) is 9.70. The molecule has 20 heavy (non-hydrogen) atoms. The molecule has 1 heterocycles. The van der Waals surface area contributed by atoms with E-state index < -0.39 is 0 Å². The number of fused-ring (bicyclic) bond motifs is 1. The second kappa shape index (κ2) is 5.19. The predicted molar refractivity (Wildman–Crippen MR) is 83.0 cm³/mol. The maximum absolute atomic E-state index is 6.18. The lowest BCUT2D eigenvalue weighted by molar-refractivity contribution is 0.629. The van der Waals surface area contributed by atoms with Gasteiger partial charge in [-0.1, -0.05) is 37.6 Å². The van der Waals surface area contributed by atoms with E-state index >= 15 is 0 Å². The number of hydrogen-bond donors (Lipinski definition) is 2. The number of aromatic nitrogens is 2. The van der Waals surface area contributed by atoms with Crippen LogP contribution in [0, 0.1) is 0 Å². The quantitative estimate of drug-likeness (QED) is 0.878. The van der Waals surface area contributed by atoms with Crippen LogP contribution in [-0.4, -0.2) is 16.3 Å². The molecule has 0 bridgehead atoms. The zero-order valence-corrected chi connectivity index (χ0v) is 12.2. The van der Waals surface area contributed by atoms with Crippen molar-refractivity contribution in [3.05, 3.63) is 41.1 Å². The second-order valence-corrected chi connectivity index (χ2v) is 5.56. The topological polar surface area (TPSA) is 55.9 Å². The summed E-state index contributed by atoms with van der Waals surface area (Å²) >= 11 is 0. The molecule has 4 nitrogen and oxygen atoms in total. The van der Waals surface area contributed by atoms with E-state index in [0.717, 1.165) is 43.0 Å². The molecule has 0 saturated heterocycles. The Bertz CT molecular complexity index is 615. The fourth-order valence-electron chi connectivity index (χ4n) is 2.99. The first-order valence-electron chi connectivity index (χ1n) is 7.33. The highest BCUT2D eigenvalue weighted by atomic mass is 15.3. The first-order valence-corrected chi connectivity index (χ1v) is 7.33. The van der Waals surface area contributed by atoms with Gasteiger partial charge in [-0.3, -0.25) is 4.68 Å². The van der Waals surface area contributed by atoms with Crippen LogP contribution in [0.25, 0.3) is 0 Å². The lowest BCUT2D eigenvalue weighted by Gasteiger charge is -2.30. The molecular weight excluding hydrogens is 248 g/mol. The van der Waals surface area contributed by atoms with Gasteiger partial charge in [-0.05, 0) is 24.0 Å². The smallest absolute Gasteiger partial charge is 0.147 e. The first kappa shape index (κ1) is 13.0. The molecule has 3 N–H and O–H groups in total. The van der Waals surface area contributed by atoms with Crippen LogP contribution in [0.5, 0.6) is 0 Å². The molecule has 1 atom stereocenters. The van der Waals surface area contributed by atoms with E-state index in [9.17, 15) is 0 Å². The lowest BCUT2D eigenvalue weighted by Crippen LogP contribution is -2.25. The molecular formula is C16H22N4. The molecule has 1 aliphatic rings. The summed E-state index contributed by atoms with van der Waals surface area (Å²) in [7, 11) is 1.95. The van der Waals surface area contributed by atoms with E-state index in [1.807, 2.05) is 11.7 Å². The third-order valence-corrected chi connectivity index (χ3v) is 4.12. The Hall–Kier alpha value is -1.97. The molecule has 0 spiro atoms. The monoisotopic (exact) mass is 270 g/mol.